The van der Waals surface area contributed by atoms with Crippen LogP contribution in [0.3, 0.4) is 0 Å². The Morgan fingerprint density at radius 3 is 2.12 bits per heavy atom. The van der Waals surface area contributed by atoms with Gasteiger partial charge in [-0.1, -0.05) is 6.07 Å². The molecule has 3 aromatic rings. The summed E-state index contributed by atoms with van der Waals surface area (Å²) in [6.07, 6.45) is -3.07. The fraction of sp³-hybridized carbons (Fsp3) is 0.214. The van der Waals surface area contributed by atoms with Crippen molar-refractivity contribution in [2.75, 3.05) is 7.11 Å². The van der Waals surface area contributed by atoms with Gasteiger partial charge in [-0.15, -0.1) is 0 Å². The Bertz CT molecular complexity index is 1740. The van der Waals surface area contributed by atoms with Gasteiger partial charge in [-0.25, -0.2) is 0 Å². The maximum absolute atomic E-state index is 13.5. The summed E-state index contributed by atoms with van der Waals surface area (Å²) in [6.45, 7) is 2.60. The molecule has 5 rings (SSSR count). The summed E-state index contributed by atoms with van der Waals surface area (Å²) < 4.78 is 5.40. The van der Waals surface area contributed by atoms with Crippen LogP contribution in [0.25, 0.3) is 11.1 Å². The van der Waals surface area contributed by atoms with Crippen LogP contribution >= 0.6 is 0 Å². The van der Waals surface area contributed by atoms with Gasteiger partial charge in [0.1, 0.15) is 47.0 Å². The number of fused-ring (bicyclic) bond motifs is 5. The SMILES string of the molecule is COC1c2c(O)c3c(c(O)c2-c2c(cc(C)c(C(=O)NC(C)C(=O)O)c2O)C1O)C(=O)c1cc(O)cc(O)c1C3=O. The lowest BCUT2D eigenvalue weighted by molar-refractivity contribution is -0.138. The molecule has 0 spiro atoms. The molecule has 0 heterocycles. The molecule has 0 aromatic heterocycles. The molecule has 0 aliphatic heterocycles. The number of amides is 1. The molecule has 0 radical (unpaired) electrons. The number of benzene rings is 3. The molecule has 2 aliphatic carbocycles. The highest BCUT2D eigenvalue weighted by molar-refractivity contribution is 6.32. The average Bonchev–Trinajstić information content (AvgIpc) is 2.88. The quantitative estimate of drug-likeness (QED) is 0.166. The third-order valence-corrected chi connectivity index (χ3v) is 7.38. The van der Waals surface area contributed by atoms with E-state index in [1.807, 2.05) is 0 Å². The van der Waals surface area contributed by atoms with E-state index < -0.39 is 109 Å². The van der Waals surface area contributed by atoms with Crippen LogP contribution in [0.5, 0.6) is 28.7 Å². The average molecular weight is 565 g/mol. The number of nitrogens with one attached hydrogen (secondary N) is 1. The summed E-state index contributed by atoms with van der Waals surface area (Å²) in [4.78, 5) is 51.3. The highest BCUT2D eigenvalue weighted by Crippen LogP contribution is 2.59. The Balaban J connectivity index is 1.86. The number of hydrogen-bond acceptors (Lipinski definition) is 11. The molecule has 13 nitrogen and oxygen atoms in total. The minimum atomic E-state index is -1.63. The van der Waals surface area contributed by atoms with Crippen LogP contribution in [0, 0.1) is 6.92 Å². The van der Waals surface area contributed by atoms with Crippen molar-refractivity contribution in [2.24, 2.45) is 0 Å². The van der Waals surface area contributed by atoms with Gasteiger partial charge in [-0.3, -0.25) is 19.2 Å². The first-order valence-corrected chi connectivity index (χ1v) is 12.1. The summed E-state index contributed by atoms with van der Waals surface area (Å²) in [5, 5.41) is 77.1. The fourth-order valence-electron chi connectivity index (χ4n) is 5.51. The first-order chi connectivity index (χ1) is 19.2. The minimum absolute atomic E-state index is 0.0675. The number of aromatic hydroxyl groups is 5. The monoisotopic (exact) mass is 565 g/mol. The number of carbonyl (C=O) groups excluding carboxylic acids is 3. The number of carboxylic acids is 1. The third kappa shape index (κ3) is 3.70. The van der Waals surface area contributed by atoms with E-state index in [-0.39, 0.29) is 16.7 Å². The van der Waals surface area contributed by atoms with E-state index in [1.165, 1.54) is 19.9 Å². The lowest BCUT2D eigenvalue weighted by Crippen LogP contribution is -2.38. The van der Waals surface area contributed by atoms with Gasteiger partial charge in [-0.05, 0) is 31.0 Å². The zero-order valence-corrected chi connectivity index (χ0v) is 21.6. The Kier molecular flexibility index (Phi) is 6.16. The molecule has 0 saturated heterocycles. The molecule has 3 aromatic carbocycles. The van der Waals surface area contributed by atoms with Crippen molar-refractivity contribution in [1.29, 1.82) is 0 Å². The number of aliphatic hydroxyl groups excluding tert-OH is 1. The van der Waals surface area contributed by atoms with Crippen LogP contribution in [0.4, 0.5) is 0 Å². The van der Waals surface area contributed by atoms with Gasteiger partial charge >= 0.3 is 5.97 Å². The number of ketones is 2. The van der Waals surface area contributed by atoms with Crippen LogP contribution in [-0.2, 0) is 9.53 Å². The van der Waals surface area contributed by atoms with Crippen molar-refractivity contribution < 1.29 is 59.7 Å². The van der Waals surface area contributed by atoms with Crippen molar-refractivity contribution in [3.05, 3.63) is 62.7 Å². The molecule has 1 amide bonds. The normalized spacial score (nSPS) is 17.7. The smallest absolute Gasteiger partial charge is 0.325 e. The van der Waals surface area contributed by atoms with Crippen molar-refractivity contribution in [1.82, 2.24) is 5.32 Å². The molecule has 0 bridgehead atoms. The van der Waals surface area contributed by atoms with Crippen molar-refractivity contribution in [3.63, 3.8) is 0 Å². The van der Waals surface area contributed by atoms with Gasteiger partial charge in [-0.2, -0.15) is 0 Å². The Labute approximate surface area is 230 Å². The van der Waals surface area contributed by atoms with Gasteiger partial charge in [0.15, 0.2) is 5.78 Å². The van der Waals surface area contributed by atoms with E-state index in [0.717, 1.165) is 19.2 Å². The van der Waals surface area contributed by atoms with E-state index in [2.05, 4.69) is 5.32 Å². The van der Waals surface area contributed by atoms with E-state index in [0.29, 0.717) is 0 Å². The molecule has 8 N–H and O–H groups in total. The fourth-order valence-corrected chi connectivity index (χ4v) is 5.51. The second kappa shape index (κ2) is 9.21. The summed E-state index contributed by atoms with van der Waals surface area (Å²) >= 11 is 0. The lowest BCUT2D eigenvalue weighted by Gasteiger charge is -2.35. The molecule has 0 fully saturated rings. The van der Waals surface area contributed by atoms with Crippen LogP contribution in [0.2, 0.25) is 0 Å². The number of ether oxygens (including phenoxy) is 1. The number of hydrogen-bond donors (Lipinski definition) is 8. The number of rotatable bonds is 4. The summed E-state index contributed by atoms with van der Waals surface area (Å²) in [5.41, 5.74) is -4.00. The minimum Gasteiger partial charge on any atom is -0.508 e. The molecule has 212 valence electrons. The van der Waals surface area contributed by atoms with Crippen LogP contribution in [0.1, 0.15) is 78.0 Å². The maximum atomic E-state index is 13.5. The highest BCUT2D eigenvalue weighted by Gasteiger charge is 2.46. The van der Waals surface area contributed by atoms with Gasteiger partial charge in [0, 0.05) is 35.4 Å². The van der Waals surface area contributed by atoms with Gasteiger partial charge in [0.2, 0.25) is 5.78 Å². The molecular formula is C28H23NO12. The van der Waals surface area contributed by atoms with Crippen molar-refractivity contribution in [3.8, 4) is 39.9 Å². The first kappa shape index (κ1) is 27.4. The maximum Gasteiger partial charge on any atom is 0.325 e. The van der Waals surface area contributed by atoms with Crippen molar-refractivity contribution in [2.45, 2.75) is 32.1 Å². The number of aryl methyl sites for hydroxylation is 1. The van der Waals surface area contributed by atoms with Crippen LogP contribution in [-0.4, -0.2) is 72.3 Å². The summed E-state index contributed by atoms with van der Waals surface area (Å²) in [6, 6.07) is 1.66. The number of carboxylic acid groups (broad SMARTS) is 1. The first-order valence-electron chi connectivity index (χ1n) is 12.1. The largest absolute Gasteiger partial charge is 0.508 e. The van der Waals surface area contributed by atoms with Crippen LogP contribution < -0.4 is 5.32 Å². The Hall–Kier alpha value is -5.14. The Morgan fingerprint density at radius 1 is 0.878 bits per heavy atom. The number of carbonyl (C=O) groups is 4. The predicted octanol–water partition coefficient (Wildman–Crippen LogP) is 1.90. The van der Waals surface area contributed by atoms with Gasteiger partial charge < -0.3 is 45.8 Å². The molecule has 3 unspecified atom stereocenters. The number of aliphatic hydroxyl groups is 1. The standard InChI is InChI=1S/C28H23NO12/c1-7-4-10-15(22(34)13(7)27(38)29-8(2)28(39)40)16-19(26(41-3)21(10)33)25(37)18-17(24(16)36)20(32)11-5-9(30)6-12(31)14(11)23(18)35/h4-6,8,21,26,30-31,33-34,36-37H,1-3H3,(H,29,38)(H,39,40). The number of aliphatic carboxylic acids is 1. The predicted molar refractivity (Wildman–Crippen MR) is 138 cm³/mol. The second-order valence-electron chi connectivity index (χ2n) is 9.80. The summed E-state index contributed by atoms with van der Waals surface area (Å²) in [5.74, 6) is -8.43. The second-order valence-corrected chi connectivity index (χ2v) is 9.80. The van der Waals surface area contributed by atoms with E-state index in [9.17, 15) is 54.9 Å². The highest BCUT2D eigenvalue weighted by atomic mass is 16.5. The molecule has 13 heteroatoms. The topological polar surface area (TPSA) is 231 Å². The zero-order chi connectivity index (χ0) is 30.2. The van der Waals surface area contributed by atoms with Crippen LogP contribution in [0.15, 0.2) is 18.2 Å². The molecule has 0 saturated carbocycles. The number of methoxy groups -OCH3 is 1. The summed E-state index contributed by atoms with van der Waals surface area (Å²) in [7, 11) is 1.16. The van der Waals surface area contributed by atoms with E-state index in [4.69, 9.17) is 4.74 Å². The molecule has 41 heavy (non-hydrogen) atoms. The molecule has 3 atom stereocenters. The van der Waals surface area contributed by atoms with Crippen molar-refractivity contribution >= 4 is 23.4 Å². The molecular weight excluding hydrogens is 542 g/mol. The Morgan fingerprint density at radius 2 is 1.51 bits per heavy atom. The molecule has 2 aliphatic rings. The van der Waals surface area contributed by atoms with Gasteiger partial charge in [0.05, 0.1) is 22.3 Å². The van der Waals surface area contributed by atoms with E-state index >= 15 is 0 Å². The number of phenols is 5. The van der Waals surface area contributed by atoms with E-state index in [1.54, 1.807) is 0 Å². The zero-order valence-electron chi connectivity index (χ0n) is 21.6. The van der Waals surface area contributed by atoms with Gasteiger partial charge in [0.25, 0.3) is 5.91 Å². The number of phenolic OH excluding ortho intramolecular Hbond substituents is 5. The lowest BCUT2D eigenvalue weighted by atomic mass is 9.73. The third-order valence-electron chi connectivity index (χ3n) is 7.38.